The molecule has 0 bridgehead atoms. The maximum atomic E-state index is 15.7. The van der Waals surface area contributed by atoms with Crippen molar-refractivity contribution in [2.45, 2.75) is 64.5 Å². The second-order valence-corrected chi connectivity index (χ2v) is 15.0. The van der Waals surface area contributed by atoms with Crippen LogP contribution in [-0.2, 0) is 14.3 Å². The number of aromatic amines is 2. The van der Waals surface area contributed by atoms with Gasteiger partial charge in [-0.15, -0.1) is 0 Å². The van der Waals surface area contributed by atoms with Crippen molar-refractivity contribution in [1.29, 1.82) is 0 Å². The summed E-state index contributed by atoms with van der Waals surface area (Å²) in [4.78, 5) is 76.4. The van der Waals surface area contributed by atoms with Gasteiger partial charge in [0.05, 0.1) is 54.8 Å². The lowest BCUT2D eigenvalue weighted by molar-refractivity contribution is -0.136. The van der Waals surface area contributed by atoms with E-state index in [1.54, 1.807) is 28.3 Å². The van der Waals surface area contributed by atoms with Gasteiger partial charge in [0, 0.05) is 31.1 Å². The van der Waals surface area contributed by atoms with Gasteiger partial charge in [-0.2, -0.15) is 9.98 Å². The molecule has 292 valence electrons. The molecule has 4 heterocycles. The van der Waals surface area contributed by atoms with Gasteiger partial charge >= 0.3 is 12.2 Å². The summed E-state index contributed by atoms with van der Waals surface area (Å²) in [5.74, 6) is -0.574. The number of aromatic nitrogens is 4. The molecule has 7 rings (SSSR count). The topological polar surface area (TPSA) is 186 Å². The van der Waals surface area contributed by atoms with E-state index >= 15 is 4.39 Å². The lowest BCUT2D eigenvalue weighted by atomic mass is 9.95. The van der Waals surface area contributed by atoms with Gasteiger partial charge in [0.1, 0.15) is 17.5 Å². The number of imidazole rings is 2. The fourth-order valence-electron chi connectivity index (χ4n) is 7.76. The fraction of sp³-hybridized carbons (Fsp3) is 0.415. The first-order valence-electron chi connectivity index (χ1n) is 19.0. The standard InChI is InChI=1S/C41H45FN8O6/c1-23(2)29(19-46-41(55)56-3)38(51)49-16-4-6-34(49)36-43-21-32(47-36)26-12-8-24(9-13-26)27-14-15-28(31(42)18-27)33-22-44-37(48-33)35-7-5-17-50(35)39(52)30(25-10-11-25)20-45-40(53)54/h8-9,12-15,18-23,25,29-30,34-35H,4-7,10-11,16-17H2,1-3H3,(H,43,47)(H,44,48)(H,53,54)/b45-20-,46-19+/t29?,30?,34-,35-/m0/s1. The molecule has 4 aromatic rings. The number of methoxy groups -OCH3 is 1. The lowest BCUT2D eigenvalue weighted by Gasteiger charge is -2.28. The highest BCUT2D eigenvalue weighted by Crippen LogP contribution is 2.41. The fourth-order valence-corrected chi connectivity index (χ4v) is 7.76. The van der Waals surface area contributed by atoms with Crippen LogP contribution < -0.4 is 0 Å². The molecule has 4 atom stereocenters. The zero-order valence-corrected chi connectivity index (χ0v) is 31.5. The van der Waals surface area contributed by atoms with Crippen molar-refractivity contribution in [2.75, 3.05) is 20.2 Å². The van der Waals surface area contributed by atoms with Gasteiger partial charge in [0.25, 0.3) is 0 Å². The number of likely N-dealkylation sites (tertiary alicyclic amines) is 2. The Hall–Kier alpha value is -5.99. The summed E-state index contributed by atoms with van der Waals surface area (Å²) in [6.45, 7) is 4.93. The van der Waals surface area contributed by atoms with Crippen molar-refractivity contribution in [3.63, 3.8) is 0 Å². The average molecular weight is 765 g/mol. The van der Waals surface area contributed by atoms with E-state index in [1.165, 1.54) is 25.6 Å². The summed E-state index contributed by atoms with van der Waals surface area (Å²) in [7, 11) is 1.24. The third-order valence-corrected chi connectivity index (χ3v) is 11.0. The highest BCUT2D eigenvalue weighted by atomic mass is 19.1. The molecule has 56 heavy (non-hydrogen) atoms. The molecule has 3 N–H and O–H groups in total. The summed E-state index contributed by atoms with van der Waals surface area (Å²) in [6, 6.07) is 12.2. The van der Waals surface area contributed by atoms with E-state index in [0.717, 1.165) is 48.9 Å². The first kappa shape index (κ1) is 38.3. The molecule has 4 amide bonds. The number of carboxylic acid groups (broad SMARTS) is 1. The van der Waals surface area contributed by atoms with Crippen molar-refractivity contribution in [3.05, 3.63) is 72.3 Å². The van der Waals surface area contributed by atoms with Gasteiger partial charge in [-0.05, 0) is 79.2 Å². The SMILES string of the molecule is COC(=O)/N=C/C(C(=O)N1CCC[C@H]1c1ncc(-c2ccc(-c3ccc(-c4cnc([C@@H]5CCCN5C(=O)C(/C=N\C(=O)O)C5CC5)[nH]4)c(F)c3)cc2)[nH]1)C(C)C. The Labute approximate surface area is 323 Å². The first-order valence-corrected chi connectivity index (χ1v) is 19.0. The van der Waals surface area contributed by atoms with E-state index in [0.29, 0.717) is 48.0 Å². The van der Waals surface area contributed by atoms with Crippen LogP contribution in [0.15, 0.2) is 64.8 Å². The van der Waals surface area contributed by atoms with Crippen molar-refractivity contribution < 1.29 is 33.4 Å². The number of nitrogens with one attached hydrogen (secondary N) is 2. The first-order chi connectivity index (χ1) is 27.0. The number of rotatable bonds is 11. The Bertz CT molecular complexity index is 2160. The van der Waals surface area contributed by atoms with Gasteiger partial charge in [0.15, 0.2) is 0 Å². The molecule has 2 saturated heterocycles. The van der Waals surface area contributed by atoms with Gasteiger partial charge in [-0.1, -0.05) is 44.2 Å². The minimum Gasteiger partial charge on any atom is -0.463 e. The van der Waals surface area contributed by atoms with Crippen LogP contribution in [-0.4, -0.2) is 91.5 Å². The van der Waals surface area contributed by atoms with E-state index < -0.39 is 29.8 Å². The lowest BCUT2D eigenvalue weighted by Crippen LogP contribution is -2.39. The van der Waals surface area contributed by atoms with Crippen LogP contribution in [0.1, 0.15) is 76.1 Å². The molecule has 0 spiro atoms. The number of carbonyl (C=O) groups excluding carboxylic acids is 3. The number of nitrogens with zero attached hydrogens (tertiary/aromatic N) is 6. The smallest absolute Gasteiger partial charge is 0.432 e. The molecular formula is C41H45FN8O6. The number of ether oxygens (including phenoxy) is 1. The molecule has 3 aliphatic rings. The monoisotopic (exact) mass is 764 g/mol. The summed E-state index contributed by atoms with van der Waals surface area (Å²) in [5, 5.41) is 9.02. The van der Waals surface area contributed by atoms with Gasteiger partial charge in [0.2, 0.25) is 11.8 Å². The Kier molecular flexibility index (Phi) is 11.2. The molecule has 1 saturated carbocycles. The summed E-state index contributed by atoms with van der Waals surface area (Å²) in [5.41, 5.74) is 4.03. The number of aliphatic imine (C=N–C) groups is 2. The highest BCUT2D eigenvalue weighted by molar-refractivity contribution is 5.97. The summed E-state index contributed by atoms with van der Waals surface area (Å²) < 4.78 is 20.3. The van der Waals surface area contributed by atoms with E-state index in [1.807, 2.05) is 44.2 Å². The number of halogens is 1. The van der Waals surface area contributed by atoms with Crippen molar-refractivity contribution in [2.24, 2.45) is 33.7 Å². The van der Waals surface area contributed by atoms with Gasteiger partial charge in [-0.3, -0.25) is 9.59 Å². The maximum Gasteiger partial charge on any atom is 0.432 e. The van der Waals surface area contributed by atoms with Crippen LogP contribution in [0.5, 0.6) is 0 Å². The number of carbonyl (C=O) groups is 4. The Balaban J connectivity index is 1.02. The van der Waals surface area contributed by atoms with E-state index in [2.05, 4.69) is 34.7 Å². The molecule has 3 fully saturated rings. The predicted octanol–water partition coefficient (Wildman–Crippen LogP) is 7.48. The molecule has 2 aromatic carbocycles. The molecule has 15 heteroatoms. The largest absolute Gasteiger partial charge is 0.463 e. The quantitative estimate of drug-likeness (QED) is 0.131. The van der Waals surface area contributed by atoms with E-state index in [4.69, 9.17) is 5.11 Å². The molecule has 2 aromatic heterocycles. The molecule has 2 aliphatic heterocycles. The Morgan fingerprint density at radius 3 is 2.00 bits per heavy atom. The van der Waals surface area contributed by atoms with E-state index in [9.17, 15) is 19.2 Å². The summed E-state index contributed by atoms with van der Waals surface area (Å²) in [6.07, 6.45) is 8.66. The van der Waals surface area contributed by atoms with Crippen molar-refractivity contribution >= 4 is 36.4 Å². The van der Waals surface area contributed by atoms with Gasteiger partial charge < -0.3 is 29.6 Å². The third-order valence-electron chi connectivity index (χ3n) is 11.0. The van der Waals surface area contributed by atoms with Crippen LogP contribution in [0.2, 0.25) is 0 Å². The van der Waals surface area contributed by atoms with Crippen LogP contribution in [0.4, 0.5) is 14.0 Å². The normalized spacial score (nSPS) is 19.7. The minimum atomic E-state index is -1.32. The predicted molar refractivity (Wildman–Crippen MR) is 206 cm³/mol. The second-order valence-electron chi connectivity index (χ2n) is 15.0. The third kappa shape index (κ3) is 8.16. The minimum absolute atomic E-state index is 0.0710. The molecular weight excluding hydrogens is 719 g/mol. The highest BCUT2D eigenvalue weighted by Gasteiger charge is 2.42. The molecule has 2 unspecified atom stereocenters. The van der Waals surface area contributed by atoms with Crippen LogP contribution in [0.25, 0.3) is 33.6 Å². The maximum absolute atomic E-state index is 15.7. The molecule has 0 radical (unpaired) electrons. The Morgan fingerprint density at radius 1 is 0.821 bits per heavy atom. The van der Waals surface area contributed by atoms with Gasteiger partial charge in [-0.25, -0.2) is 23.9 Å². The van der Waals surface area contributed by atoms with Crippen molar-refractivity contribution in [1.82, 2.24) is 29.7 Å². The number of benzene rings is 2. The van der Waals surface area contributed by atoms with Crippen LogP contribution in [0.3, 0.4) is 0 Å². The second kappa shape index (κ2) is 16.4. The van der Waals surface area contributed by atoms with Crippen LogP contribution in [0, 0.1) is 29.5 Å². The zero-order valence-electron chi connectivity index (χ0n) is 31.5. The number of amides is 4. The summed E-state index contributed by atoms with van der Waals surface area (Å²) >= 11 is 0. The van der Waals surface area contributed by atoms with Crippen molar-refractivity contribution in [3.8, 4) is 33.6 Å². The molecule has 1 aliphatic carbocycles. The number of hydrogen-bond acceptors (Lipinski definition) is 7. The average Bonchev–Trinajstić information content (AvgIpc) is 3.66. The Morgan fingerprint density at radius 2 is 1.41 bits per heavy atom. The van der Waals surface area contributed by atoms with Crippen LogP contribution >= 0.6 is 0 Å². The van der Waals surface area contributed by atoms with E-state index in [-0.39, 0.29) is 35.7 Å². The zero-order chi connectivity index (χ0) is 39.5. The number of hydrogen-bond donors (Lipinski definition) is 3. The number of H-pyrrole nitrogens is 2. The molecule has 14 nitrogen and oxygen atoms in total.